The van der Waals surface area contributed by atoms with E-state index in [4.69, 9.17) is 0 Å². The minimum Gasteiger partial charge on any atom is -0.432 e. The molecule has 33 heavy (non-hydrogen) atoms. The highest BCUT2D eigenvalue weighted by atomic mass is 19.3. The first-order valence-electron chi connectivity index (χ1n) is 10.4. The molecule has 1 fully saturated rings. The van der Waals surface area contributed by atoms with Crippen LogP contribution in [-0.2, 0) is 6.54 Å². The number of alkyl halides is 2. The summed E-state index contributed by atoms with van der Waals surface area (Å²) in [6.07, 6.45) is 9.82. The van der Waals surface area contributed by atoms with Gasteiger partial charge in [-0.1, -0.05) is 0 Å². The van der Waals surface area contributed by atoms with Gasteiger partial charge in [0.05, 0.1) is 36.5 Å². The minimum absolute atomic E-state index is 0.0805. The number of hydrogen-bond acceptors (Lipinski definition) is 9. The molecule has 1 amide bonds. The van der Waals surface area contributed by atoms with Gasteiger partial charge < -0.3 is 15.4 Å². The number of hydrogen-bond donors (Lipinski definition) is 2. The van der Waals surface area contributed by atoms with Crippen molar-refractivity contribution in [3.8, 4) is 5.75 Å². The fraction of sp³-hybridized carbons (Fsp3) is 0.333. The Morgan fingerprint density at radius 1 is 0.970 bits per heavy atom. The summed E-state index contributed by atoms with van der Waals surface area (Å²) in [5.41, 5.74) is 1.73. The molecule has 0 unspecified atom stereocenters. The molecule has 3 aromatic heterocycles. The van der Waals surface area contributed by atoms with Crippen LogP contribution in [0.3, 0.4) is 0 Å². The van der Waals surface area contributed by atoms with Crippen LogP contribution in [0.1, 0.15) is 35.4 Å². The average molecular weight is 454 g/mol. The number of carbonyl (C=O) groups is 1. The molecule has 170 valence electrons. The fourth-order valence-electron chi connectivity index (χ4n) is 4.04. The third kappa shape index (κ3) is 4.64. The highest BCUT2D eigenvalue weighted by molar-refractivity contribution is 6.08. The van der Waals surface area contributed by atoms with Crippen LogP contribution in [-0.4, -0.2) is 49.5 Å². The molecule has 2 N–H and O–H groups in total. The predicted octanol–water partition coefficient (Wildman–Crippen LogP) is 2.87. The van der Waals surface area contributed by atoms with Crippen LogP contribution in [0.2, 0.25) is 0 Å². The van der Waals surface area contributed by atoms with E-state index in [1.807, 2.05) is 12.1 Å². The van der Waals surface area contributed by atoms with E-state index < -0.39 is 6.61 Å². The summed E-state index contributed by atoms with van der Waals surface area (Å²) in [4.78, 5) is 35.0. The second kappa shape index (κ2) is 8.88. The molecule has 12 heteroatoms. The number of carbonyl (C=O) groups excluding carboxylic acids is 1. The highest BCUT2D eigenvalue weighted by Gasteiger charge is 2.31. The first kappa shape index (κ1) is 20.9. The Labute approximate surface area is 187 Å². The van der Waals surface area contributed by atoms with Gasteiger partial charge in [0.1, 0.15) is 5.82 Å². The first-order chi connectivity index (χ1) is 16.0. The molecule has 10 nitrogen and oxygen atoms in total. The zero-order chi connectivity index (χ0) is 22.8. The fourth-order valence-corrected chi connectivity index (χ4v) is 4.04. The number of nitrogens with zero attached hydrogens (tertiary/aromatic N) is 6. The molecular formula is C21H20F2N8O2. The summed E-state index contributed by atoms with van der Waals surface area (Å²) < 4.78 is 28.7. The minimum atomic E-state index is -2.90. The molecule has 4 heterocycles. The van der Waals surface area contributed by atoms with E-state index in [1.54, 1.807) is 17.3 Å². The monoisotopic (exact) mass is 454 g/mol. The molecule has 1 aliphatic carbocycles. The van der Waals surface area contributed by atoms with Crippen LogP contribution in [0.5, 0.6) is 5.75 Å². The number of nitrogens with one attached hydrogen (secondary N) is 2. The van der Waals surface area contributed by atoms with Crippen LogP contribution >= 0.6 is 0 Å². The van der Waals surface area contributed by atoms with E-state index in [1.165, 1.54) is 18.6 Å². The molecule has 0 aromatic carbocycles. The number of aromatic nitrogens is 5. The normalized spacial score (nSPS) is 19.6. The molecule has 0 spiro atoms. The quantitative estimate of drug-likeness (QED) is 0.555. The van der Waals surface area contributed by atoms with E-state index in [0.29, 0.717) is 29.6 Å². The molecular weight excluding hydrogens is 434 g/mol. The molecule has 0 saturated heterocycles. The van der Waals surface area contributed by atoms with E-state index in [0.717, 1.165) is 25.1 Å². The number of fused-ring (bicyclic) bond motifs is 1. The summed E-state index contributed by atoms with van der Waals surface area (Å²) in [6.45, 7) is -2.53. The van der Waals surface area contributed by atoms with Crippen LogP contribution in [0.15, 0.2) is 43.1 Å². The summed E-state index contributed by atoms with van der Waals surface area (Å²) in [7, 11) is 0. The maximum atomic E-state index is 12.5. The number of anilines is 3. The van der Waals surface area contributed by atoms with Gasteiger partial charge in [0.2, 0.25) is 5.95 Å². The lowest BCUT2D eigenvalue weighted by Gasteiger charge is -2.17. The number of ether oxygens (including phenoxy) is 1. The van der Waals surface area contributed by atoms with Gasteiger partial charge in [0, 0.05) is 24.5 Å². The highest BCUT2D eigenvalue weighted by Crippen LogP contribution is 2.28. The molecule has 2 aliphatic rings. The molecule has 5 rings (SSSR count). The lowest BCUT2D eigenvalue weighted by molar-refractivity contribution is -0.0503. The molecule has 0 bridgehead atoms. The number of pyridine rings is 1. The molecule has 1 aliphatic heterocycles. The topological polar surface area (TPSA) is 118 Å². The Kier molecular flexibility index (Phi) is 5.63. The Hall–Kier alpha value is -3.96. The van der Waals surface area contributed by atoms with Gasteiger partial charge >= 0.3 is 6.61 Å². The van der Waals surface area contributed by atoms with Gasteiger partial charge in [0.25, 0.3) is 5.91 Å². The number of amides is 1. The van der Waals surface area contributed by atoms with Crippen molar-refractivity contribution in [1.82, 2.24) is 24.9 Å². The SMILES string of the molecule is O=C1c2nccnc2CN1c1ccc(N[C@H]2CC[C@H](Nc3ncc(OC(F)F)cn3)C2)nc1. The second-order valence-corrected chi connectivity index (χ2v) is 7.76. The maximum absolute atomic E-state index is 12.5. The van der Waals surface area contributed by atoms with Gasteiger partial charge in [-0.15, -0.1) is 0 Å². The van der Waals surface area contributed by atoms with Gasteiger partial charge in [-0.05, 0) is 31.4 Å². The van der Waals surface area contributed by atoms with Crippen molar-refractivity contribution in [2.24, 2.45) is 0 Å². The Morgan fingerprint density at radius 3 is 2.42 bits per heavy atom. The van der Waals surface area contributed by atoms with Gasteiger partial charge in [-0.3, -0.25) is 14.7 Å². The van der Waals surface area contributed by atoms with E-state index >= 15 is 0 Å². The smallest absolute Gasteiger partial charge is 0.387 e. The van der Waals surface area contributed by atoms with Crippen molar-refractivity contribution in [2.75, 3.05) is 15.5 Å². The lowest BCUT2D eigenvalue weighted by atomic mass is 10.2. The van der Waals surface area contributed by atoms with E-state index in [2.05, 4.69) is 40.3 Å². The van der Waals surface area contributed by atoms with Crippen LogP contribution in [0.25, 0.3) is 0 Å². The maximum Gasteiger partial charge on any atom is 0.387 e. The van der Waals surface area contributed by atoms with Crippen LogP contribution in [0.4, 0.5) is 26.2 Å². The van der Waals surface area contributed by atoms with Crippen molar-refractivity contribution in [1.29, 1.82) is 0 Å². The van der Waals surface area contributed by atoms with Gasteiger partial charge in [-0.25, -0.2) is 19.9 Å². The average Bonchev–Trinajstić information content (AvgIpc) is 3.39. The summed E-state index contributed by atoms with van der Waals surface area (Å²) in [5.74, 6) is 0.823. The number of halogens is 2. The largest absolute Gasteiger partial charge is 0.432 e. The zero-order valence-electron chi connectivity index (χ0n) is 17.4. The molecule has 1 saturated carbocycles. The predicted molar refractivity (Wildman–Crippen MR) is 114 cm³/mol. The van der Waals surface area contributed by atoms with Crippen LogP contribution in [0, 0.1) is 0 Å². The lowest BCUT2D eigenvalue weighted by Crippen LogP contribution is -2.24. The van der Waals surface area contributed by atoms with Crippen molar-refractivity contribution in [3.05, 3.63) is 54.5 Å². The summed E-state index contributed by atoms with van der Waals surface area (Å²) in [6, 6.07) is 4.04. The van der Waals surface area contributed by atoms with Crippen LogP contribution < -0.4 is 20.3 Å². The third-order valence-electron chi connectivity index (χ3n) is 5.56. The Balaban J connectivity index is 1.14. The molecule has 3 aromatic rings. The second-order valence-electron chi connectivity index (χ2n) is 7.76. The van der Waals surface area contributed by atoms with Gasteiger partial charge in [0.15, 0.2) is 11.4 Å². The summed E-state index contributed by atoms with van der Waals surface area (Å²) in [5, 5.41) is 6.63. The van der Waals surface area contributed by atoms with Crippen molar-refractivity contribution < 1.29 is 18.3 Å². The zero-order valence-corrected chi connectivity index (χ0v) is 17.4. The third-order valence-corrected chi connectivity index (χ3v) is 5.56. The summed E-state index contributed by atoms with van der Waals surface area (Å²) >= 11 is 0. The standard InChI is InChI=1S/C21H20F2N8O2/c22-20(23)33-15-9-27-21(28-10-15)30-13-2-1-12(7-13)29-17-4-3-14(8-26-17)31-11-16-18(19(31)32)25-6-5-24-16/h3-6,8-10,12-13,20H,1-2,7,11H2,(H,26,29)(H,27,28,30)/t12-,13-/m0/s1. The van der Waals surface area contributed by atoms with Gasteiger partial charge in [-0.2, -0.15) is 8.78 Å². The Morgan fingerprint density at radius 2 is 1.73 bits per heavy atom. The first-order valence-corrected chi connectivity index (χ1v) is 10.4. The van der Waals surface area contributed by atoms with E-state index in [9.17, 15) is 13.6 Å². The Bertz CT molecular complexity index is 1130. The van der Waals surface area contributed by atoms with Crippen molar-refractivity contribution >= 4 is 23.4 Å². The van der Waals surface area contributed by atoms with Crippen molar-refractivity contribution in [3.63, 3.8) is 0 Å². The molecule has 0 radical (unpaired) electrons. The van der Waals surface area contributed by atoms with E-state index in [-0.39, 0.29) is 23.7 Å². The van der Waals surface area contributed by atoms with Crippen molar-refractivity contribution in [2.45, 2.75) is 44.5 Å². The molecule has 2 atom stereocenters. The number of rotatable bonds is 7.